The maximum absolute atomic E-state index is 13.2. The molecule has 1 N–H and O–H groups in total. The lowest BCUT2D eigenvalue weighted by Crippen LogP contribution is -2.36. The highest BCUT2D eigenvalue weighted by atomic mass is 32.1. The van der Waals surface area contributed by atoms with Crippen LogP contribution in [0.3, 0.4) is 0 Å². The normalized spacial score (nSPS) is 18.3. The van der Waals surface area contributed by atoms with E-state index in [0.717, 1.165) is 35.6 Å². The SMILES string of the molecule is Fc1ccc([C@@H]2c3nc[nH]c3CCN2Cc2csnn2)cc1. The summed E-state index contributed by atoms with van der Waals surface area (Å²) in [6.07, 6.45) is 2.65. The van der Waals surface area contributed by atoms with E-state index in [0.29, 0.717) is 6.54 Å². The third kappa shape index (κ3) is 2.42. The molecule has 112 valence electrons. The Kier molecular flexibility index (Phi) is 3.44. The molecule has 1 aromatic carbocycles. The first-order valence-electron chi connectivity index (χ1n) is 7.09. The molecule has 0 aliphatic carbocycles. The summed E-state index contributed by atoms with van der Waals surface area (Å²) in [7, 11) is 0. The highest BCUT2D eigenvalue weighted by Crippen LogP contribution is 2.34. The molecule has 1 aliphatic heterocycles. The minimum absolute atomic E-state index is 0.0114. The largest absolute Gasteiger partial charge is 0.348 e. The van der Waals surface area contributed by atoms with E-state index in [1.54, 1.807) is 6.33 Å². The van der Waals surface area contributed by atoms with E-state index in [2.05, 4.69) is 24.5 Å². The van der Waals surface area contributed by atoms with Crippen LogP contribution in [0, 0.1) is 5.82 Å². The van der Waals surface area contributed by atoms with Crippen molar-refractivity contribution in [3.8, 4) is 0 Å². The minimum atomic E-state index is -0.225. The molecule has 22 heavy (non-hydrogen) atoms. The molecule has 0 radical (unpaired) electrons. The smallest absolute Gasteiger partial charge is 0.123 e. The number of fused-ring (bicyclic) bond motifs is 1. The Bertz CT molecular complexity index is 753. The number of rotatable bonds is 3. The highest BCUT2D eigenvalue weighted by Gasteiger charge is 2.31. The average Bonchev–Trinajstić information content (AvgIpc) is 3.19. The van der Waals surface area contributed by atoms with Crippen molar-refractivity contribution < 1.29 is 4.39 Å². The van der Waals surface area contributed by atoms with Crippen molar-refractivity contribution in [2.24, 2.45) is 0 Å². The van der Waals surface area contributed by atoms with E-state index < -0.39 is 0 Å². The molecule has 0 unspecified atom stereocenters. The van der Waals surface area contributed by atoms with E-state index in [9.17, 15) is 4.39 Å². The summed E-state index contributed by atoms with van der Waals surface area (Å²) in [5, 5.41) is 6.09. The zero-order chi connectivity index (χ0) is 14.9. The number of aromatic nitrogens is 4. The lowest BCUT2D eigenvalue weighted by atomic mass is 9.95. The average molecular weight is 315 g/mol. The number of hydrogen-bond donors (Lipinski definition) is 1. The monoisotopic (exact) mass is 315 g/mol. The number of hydrogen-bond acceptors (Lipinski definition) is 5. The van der Waals surface area contributed by atoms with Crippen LogP contribution < -0.4 is 0 Å². The lowest BCUT2D eigenvalue weighted by Gasteiger charge is -2.34. The van der Waals surface area contributed by atoms with Crippen LogP contribution in [0.4, 0.5) is 4.39 Å². The third-order valence-corrected chi connectivity index (χ3v) is 4.53. The van der Waals surface area contributed by atoms with Gasteiger partial charge in [0.25, 0.3) is 0 Å². The summed E-state index contributed by atoms with van der Waals surface area (Å²) in [6.45, 7) is 1.61. The number of nitrogens with one attached hydrogen (secondary N) is 1. The van der Waals surface area contributed by atoms with E-state index in [1.807, 2.05) is 17.5 Å². The summed E-state index contributed by atoms with van der Waals surface area (Å²) in [5.41, 5.74) is 4.16. The summed E-state index contributed by atoms with van der Waals surface area (Å²) < 4.78 is 17.2. The number of benzene rings is 1. The molecule has 3 aromatic rings. The van der Waals surface area contributed by atoms with E-state index in [-0.39, 0.29) is 11.9 Å². The topological polar surface area (TPSA) is 57.7 Å². The first-order chi connectivity index (χ1) is 10.8. The van der Waals surface area contributed by atoms with Gasteiger partial charge in [-0.1, -0.05) is 16.6 Å². The van der Waals surface area contributed by atoms with Crippen molar-refractivity contribution in [1.29, 1.82) is 0 Å². The molecule has 5 nitrogen and oxygen atoms in total. The fourth-order valence-corrected chi connectivity index (χ4v) is 3.41. The van der Waals surface area contributed by atoms with Crippen LogP contribution in [0.25, 0.3) is 0 Å². The van der Waals surface area contributed by atoms with E-state index in [4.69, 9.17) is 0 Å². The van der Waals surface area contributed by atoms with Gasteiger partial charge in [0.2, 0.25) is 0 Å². The summed E-state index contributed by atoms with van der Waals surface area (Å²) in [4.78, 5) is 10.0. The molecule has 3 heterocycles. The molecular formula is C15H14FN5S. The molecule has 2 aromatic heterocycles. The fraction of sp³-hybridized carbons (Fsp3) is 0.267. The molecule has 7 heteroatoms. The van der Waals surface area contributed by atoms with Gasteiger partial charge in [-0.3, -0.25) is 4.90 Å². The van der Waals surface area contributed by atoms with Crippen LogP contribution in [0.1, 0.15) is 28.7 Å². The van der Waals surface area contributed by atoms with Crippen molar-refractivity contribution in [2.75, 3.05) is 6.54 Å². The number of imidazole rings is 1. The van der Waals surface area contributed by atoms with Crippen molar-refractivity contribution >= 4 is 11.5 Å². The van der Waals surface area contributed by atoms with E-state index >= 15 is 0 Å². The van der Waals surface area contributed by atoms with Gasteiger partial charge in [-0.2, -0.15) is 0 Å². The molecule has 0 fully saturated rings. The minimum Gasteiger partial charge on any atom is -0.348 e. The van der Waals surface area contributed by atoms with Gasteiger partial charge in [0.1, 0.15) is 5.82 Å². The molecule has 0 bridgehead atoms. The predicted octanol–water partition coefficient (Wildman–Crippen LogP) is 2.55. The predicted molar refractivity (Wildman–Crippen MR) is 80.9 cm³/mol. The van der Waals surface area contributed by atoms with Crippen LogP contribution in [-0.2, 0) is 13.0 Å². The highest BCUT2D eigenvalue weighted by molar-refractivity contribution is 7.03. The van der Waals surface area contributed by atoms with Crippen molar-refractivity contribution in [1.82, 2.24) is 24.5 Å². The number of H-pyrrole nitrogens is 1. The van der Waals surface area contributed by atoms with Gasteiger partial charge in [0, 0.05) is 30.6 Å². The second kappa shape index (κ2) is 5.58. The van der Waals surface area contributed by atoms with Crippen molar-refractivity contribution in [3.05, 3.63) is 64.4 Å². The Morgan fingerprint density at radius 3 is 2.95 bits per heavy atom. The van der Waals surface area contributed by atoms with Crippen molar-refractivity contribution in [3.63, 3.8) is 0 Å². The summed E-state index contributed by atoms with van der Waals surface area (Å²) >= 11 is 1.36. The zero-order valence-corrected chi connectivity index (χ0v) is 12.6. The van der Waals surface area contributed by atoms with Crippen molar-refractivity contribution in [2.45, 2.75) is 19.0 Å². The van der Waals surface area contributed by atoms with Gasteiger partial charge >= 0.3 is 0 Å². The molecule has 0 spiro atoms. The summed E-state index contributed by atoms with van der Waals surface area (Å²) in [5.74, 6) is -0.225. The maximum atomic E-state index is 13.2. The molecule has 0 amide bonds. The standard InChI is InChI=1S/C15H14FN5S/c16-11-3-1-10(2-4-11)15-14-13(17-9-18-14)5-6-21(15)7-12-8-22-20-19-12/h1-4,8-9,15H,5-7H2,(H,17,18)/t15-/m1/s1. The second-order valence-corrected chi connectivity index (χ2v) is 5.95. The molecule has 1 atom stereocenters. The van der Waals surface area contributed by atoms with Gasteiger partial charge in [-0.15, -0.1) is 5.10 Å². The van der Waals surface area contributed by atoms with Crippen LogP contribution in [0.15, 0.2) is 36.0 Å². The van der Waals surface area contributed by atoms with Crippen LogP contribution in [0.2, 0.25) is 0 Å². The first kappa shape index (κ1) is 13.5. The Morgan fingerprint density at radius 2 is 2.18 bits per heavy atom. The van der Waals surface area contributed by atoms with Crippen LogP contribution in [-0.4, -0.2) is 31.0 Å². The molecule has 0 saturated heterocycles. The molecular weight excluding hydrogens is 301 g/mol. The Hall–Kier alpha value is -2.12. The van der Waals surface area contributed by atoms with Gasteiger partial charge in [0.05, 0.1) is 23.8 Å². The first-order valence-corrected chi connectivity index (χ1v) is 7.92. The number of halogens is 1. The quantitative estimate of drug-likeness (QED) is 0.807. The molecule has 4 rings (SSSR count). The second-order valence-electron chi connectivity index (χ2n) is 5.34. The van der Waals surface area contributed by atoms with Gasteiger partial charge in [0.15, 0.2) is 0 Å². The third-order valence-electron chi connectivity index (χ3n) is 3.98. The summed E-state index contributed by atoms with van der Waals surface area (Å²) in [6, 6.07) is 6.67. The maximum Gasteiger partial charge on any atom is 0.123 e. The molecule has 0 saturated carbocycles. The lowest BCUT2D eigenvalue weighted by molar-refractivity contribution is 0.198. The van der Waals surface area contributed by atoms with Crippen LogP contribution in [0.5, 0.6) is 0 Å². The van der Waals surface area contributed by atoms with Gasteiger partial charge < -0.3 is 4.98 Å². The molecule has 1 aliphatic rings. The fourth-order valence-electron chi connectivity index (χ4n) is 2.97. The van der Waals surface area contributed by atoms with Gasteiger partial charge in [-0.25, -0.2) is 9.37 Å². The number of nitrogens with zero attached hydrogens (tertiary/aromatic N) is 4. The number of aromatic amines is 1. The Labute approximate surface area is 131 Å². The Balaban J connectivity index is 1.72. The Morgan fingerprint density at radius 1 is 1.32 bits per heavy atom. The van der Waals surface area contributed by atoms with E-state index in [1.165, 1.54) is 23.7 Å². The van der Waals surface area contributed by atoms with Crippen LogP contribution >= 0.6 is 11.5 Å². The zero-order valence-electron chi connectivity index (χ0n) is 11.7. The van der Waals surface area contributed by atoms with Gasteiger partial charge in [-0.05, 0) is 29.2 Å².